The summed E-state index contributed by atoms with van der Waals surface area (Å²) in [6, 6.07) is 0.390. The van der Waals surface area contributed by atoms with E-state index >= 15 is 0 Å². The van der Waals surface area contributed by atoms with Gasteiger partial charge in [0.1, 0.15) is 0 Å². The van der Waals surface area contributed by atoms with Gasteiger partial charge in [-0.3, -0.25) is 4.68 Å². The van der Waals surface area contributed by atoms with Crippen LogP contribution < -0.4 is 5.32 Å². The van der Waals surface area contributed by atoms with Gasteiger partial charge in [-0.1, -0.05) is 6.92 Å². The third-order valence-corrected chi connectivity index (χ3v) is 3.25. The Hall–Kier alpha value is -0.870. The van der Waals surface area contributed by atoms with Crippen LogP contribution in [0.5, 0.6) is 0 Å². The van der Waals surface area contributed by atoms with Crippen LogP contribution in [0.1, 0.15) is 30.6 Å². The normalized spacial score (nSPS) is 22.6. The van der Waals surface area contributed by atoms with Crippen molar-refractivity contribution in [3.8, 4) is 0 Å². The average molecular weight is 223 g/mol. The maximum Gasteiger partial charge on any atom is 0.0641 e. The third-order valence-electron chi connectivity index (χ3n) is 3.25. The van der Waals surface area contributed by atoms with Crippen molar-refractivity contribution in [2.45, 2.75) is 26.3 Å². The highest BCUT2D eigenvalue weighted by atomic mass is 16.5. The van der Waals surface area contributed by atoms with Gasteiger partial charge in [0.25, 0.3) is 0 Å². The minimum atomic E-state index is 0.390. The lowest BCUT2D eigenvalue weighted by molar-refractivity contribution is 0.177. The summed E-state index contributed by atoms with van der Waals surface area (Å²) in [4.78, 5) is 0. The van der Waals surface area contributed by atoms with E-state index in [0.29, 0.717) is 12.0 Å². The first kappa shape index (κ1) is 11.6. The molecular formula is C12H21N3O. The molecule has 90 valence electrons. The van der Waals surface area contributed by atoms with Crippen molar-refractivity contribution >= 4 is 0 Å². The van der Waals surface area contributed by atoms with Gasteiger partial charge in [-0.2, -0.15) is 5.10 Å². The molecule has 0 radical (unpaired) electrons. The molecule has 16 heavy (non-hydrogen) atoms. The number of nitrogens with one attached hydrogen (secondary N) is 1. The minimum Gasteiger partial charge on any atom is -0.381 e. The fourth-order valence-electron chi connectivity index (χ4n) is 2.49. The van der Waals surface area contributed by atoms with Crippen LogP contribution in [0.25, 0.3) is 0 Å². The Morgan fingerprint density at radius 3 is 3.00 bits per heavy atom. The number of hydrogen-bond donors (Lipinski definition) is 1. The van der Waals surface area contributed by atoms with Gasteiger partial charge in [-0.25, -0.2) is 0 Å². The Balaban J connectivity index is 2.20. The largest absolute Gasteiger partial charge is 0.381 e. The molecule has 2 rings (SSSR count). The standard InChI is InChI=1S/C12H21N3O/c1-4-13-12(10-5-6-16-8-10)11-7-15(3)14-9(11)2/h7,10,12-13H,4-6,8H2,1-3H3. The predicted molar refractivity (Wildman–Crippen MR) is 63.3 cm³/mol. The van der Waals surface area contributed by atoms with Crippen LogP contribution in [0.15, 0.2) is 6.20 Å². The van der Waals surface area contributed by atoms with Crippen LogP contribution in [0, 0.1) is 12.8 Å². The molecule has 0 aliphatic carbocycles. The Kier molecular flexibility index (Phi) is 3.61. The summed E-state index contributed by atoms with van der Waals surface area (Å²) < 4.78 is 7.38. The number of nitrogens with zero attached hydrogens (tertiary/aromatic N) is 2. The predicted octanol–water partition coefficient (Wildman–Crippen LogP) is 1.42. The molecule has 0 aromatic carbocycles. The lowest BCUT2D eigenvalue weighted by atomic mass is 9.93. The fourth-order valence-corrected chi connectivity index (χ4v) is 2.49. The molecule has 1 aliphatic rings. The molecule has 4 nitrogen and oxygen atoms in total. The Morgan fingerprint density at radius 2 is 2.50 bits per heavy atom. The van der Waals surface area contributed by atoms with Gasteiger partial charge in [0.15, 0.2) is 0 Å². The first-order valence-electron chi connectivity index (χ1n) is 6.03. The molecule has 0 spiro atoms. The second-order valence-corrected chi connectivity index (χ2v) is 4.50. The van der Waals surface area contributed by atoms with Crippen LogP contribution in [0.2, 0.25) is 0 Å². The second-order valence-electron chi connectivity index (χ2n) is 4.50. The summed E-state index contributed by atoms with van der Waals surface area (Å²) in [5.41, 5.74) is 2.44. The van der Waals surface area contributed by atoms with Crippen molar-refractivity contribution in [3.05, 3.63) is 17.5 Å². The molecule has 1 aromatic heterocycles. The van der Waals surface area contributed by atoms with E-state index in [4.69, 9.17) is 4.74 Å². The van der Waals surface area contributed by atoms with Gasteiger partial charge in [-0.15, -0.1) is 0 Å². The Morgan fingerprint density at radius 1 is 1.69 bits per heavy atom. The van der Waals surface area contributed by atoms with E-state index in [1.807, 2.05) is 11.7 Å². The minimum absolute atomic E-state index is 0.390. The van der Waals surface area contributed by atoms with Crippen molar-refractivity contribution in [2.75, 3.05) is 19.8 Å². The van der Waals surface area contributed by atoms with Gasteiger partial charge in [0, 0.05) is 37.4 Å². The summed E-state index contributed by atoms with van der Waals surface area (Å²) in [5.74, 6) is 0.586. The van der Waals surface area contributed by atoms with Gasteiger partial charge in [0.05, 0.1) is 12.3 Å². The first-order chi connectivity index (χ1) is 7.72. The first-order valence-corrected chi connectivity index (χ1v) is 6.03. The second kappa shape index (κ2) is 4.97. The zero-order valence-electron chi connectivity index (χ0n) is 10.4. The number of hydrogen-bond acceptors (Lipinski definition) is 3. The Labute approximate surface area is 97.0 Å². The van der Waals surface area contributed by atoms with Crippen molar-refractivity contribution in [1.82, 2.24) is 15.1 Å². The molecule has 0 bridgehead atoms. The molecule has 2 atom stereocenters. The highest BCUT2D eigenvalue weighted by Crippen LogP contribution is 2.30. The topological polar surface area (TPSA) is 39.1 Å². The zero-order chi connectivity index (χ0) is 11.5. The van der Waals surface area contributed by atoms with Crippen molar-refractivity contribution in [1.29, 1.82) is 0 Å². The quantitative estimate of drug-likeness (QED) is 0.839. The fraction of sp³-hybridized carbons (Fsp3) is 0.750. The van der Waals surface area contributed by atoms with E-state index in [1.54, 1.807) is 0 Å². The molecule has 1 saturated heterocycles. The maximum atomic E-state index is 5.49. The maximum absolute atomic E-state index is 5.49. The van der Waals surface area contributed by atoms with Gasteiger partial charge in [-0.05, 0) is 19.9 Å². The van der Waals surface area contributed by atoms with Gasteiger partial charge < -0.3 is 10.1 Å². The van der Waals surface area contributed by atoms with Crippen molar-refractivity contribution < 1.29 is 4.74 Å². The Bertz CT molecular complexity index is 342. The van der Waals surface area contributed by atoms with E-state index in [2.05, 4.69) is 30.5 Å². The molecule has 1 aliphatic heterocycles. The molecular weight excluding hydrogens is 202 g/mol. The lowest BCUT2D eigenvalue weighted by Gasteiger charge is -2.22. The summed E-state index contributed by atoms with van der Waals surface area (Å²) in [6.45, 7) is 6.97. The van der Waals surface area contributed by atoms with Crippen LogP contribution in [0.4, 0.5) is 0 Å². The van der Waals surface area contributed by atoms with Crippen molar-refractivity contribution in [3.63, 3.8) is 0 Å². The highest BCUT2D eigenvalue weighted by Gasteiger charge is 2.28. The molecule has 2 heterocycles. The van der Waals surface area contributed by atoms with Crippen LogP contribution in [-0.2, 0) is 11.8 Å². The van der Waals surface area contributed by atoms with Crippen molar-refractivity contribution in [2.24, 2.45) is 13.0 Å². The molecule has 0 amide bonds. The van der Waals surface area contributed by atoms with E-state index < -0.39 is 0 Å². The van der Waals surface area contributed by atoms with Crippen LogP contribution in [-0.4, -0.2) is 29.5 Å². The number of rotatable bonds is 4. The molecule has 2 unspecified atom stereocenters. The monoisotopic (exact) mass is 223 g/mol. The third kappa shape index (κ3) is 2.28. The van der Waals surface area contributed by atoms with E-state index in [-0.39, 0.29) is 0 Å². The van der Waals surface area contributed by atoms with E-state index in [0.717, 1.165) is 31.9 Å². The summed E-state index contributed by atoms with van der Waals surface area (Å²) in [5, 5.41) is 7.98. The van der Waals surface area contributed by atoms with Gasteiger partial charge in [0.2, 0.25) is 0 Å². The molecule has 0 saturated carbocycles. The lowest BCUT2D eigenvalue weighted by Crippen LogP contribution is -2.28. The number of ether oxygens (including phenoxy) is 1. The molecule has 1 aromatic rings. The van der Waals surface area contributed by atoms with Crippen LogP contribution >= 0.6 is 0 Å². The SMILES string of the molecule is CCNC(c1cn(C)nc1C)C1CCOC1. The average Bonchev–Trinajstić information content (AvgIpc) is 2.85. The molecule has 4 heteroatoms. The highest BCUT2D eigenvalue weighted by molar-refractivity contribution is 5.21. The van der Waals surface area contributed by atoms with E-state index in [1.165, 1.54) is 5.56 Å². The summed E-state index contributed by atoms with van der Waals surface area (Å²) >= 11 is 0. The van der Waals surface area contributed by atoms with E-state index in [9.17, 15) is 0 Å². The summed E-state index contributed by atoms with van der Waals surface area (Å²) in [7, 11) is 1.98. The van der Waals surface area contributed by atoms with Gasteiger partial charge >= 0.3 is 0 Å². The number of aryl methyl sites for hydroxylation is 2. The molecule has 1 fully saturated rings. The van der Waals surface area contributed by atoms with Crippen LogP contribution in [0.3, 0.4) is 0 Å². The smallest absolute Gasteiger partial charge is 0.0641 e. The number of aromatic nitrogens is 2. The zero-order valence-corrected chi connectivity index (χ0v) is 10.4. The summed E-state index contributed by atoms with van der Waals surface area (Å²) in [6.07, 6.45) is 3.27. The molecule has 1 N–H and O–H groups in total.